The predicted octanol–water partition coefficient (Wildman–Crippen LogP) is 6.73. The maximum absolute atomic E-state index is 9.12. The van der Waals surface area contributed by atoms with E-state index in [1.165, 1.54) is 0 Å². The van der Waals surface area contributed by atoms with Gasteiger partial charge in [-0.1, -0.05) is 32.9 Å². The summed E-state index contributed by atoms with van der Waals surface area (Å²) in [6.07, 6.45) is -0.606. The van der Waals surface area contributed by atoms with Gasteiger partial charge in [0.05, 0.1) is 12.8 Å². The van der Waals surface area contributed by atoms with Gasteiger partial charge < -0.3 is 18.6 Å². The second-order valence-electron chi connectivity index (χ2n) is 8.72. The first-order chi connectivity index (χ1) is 15.8. The summed E-state index contributed by atoms with van der Waals surface area (Å²) in [4.78, 5) is 4.75. The maximum atomic E-state index is 9.12. The molecule has 0 saturated carbocycles. The van der Waals surface area contributed by atoms with E-state index in [0.29, 0.717) is 17.2 Å². The van der Waals surface area contributed by atoms with Crippen molar-refractivity contribution in [3.63, 3.8) is 0 Å². The van der Waals surface area contributed by atoms with E-state index in [1.807, 2.05) is 36.4 Å². The van der Waals surface area contributed by atoms with E-state index in [2.05, 4.69) is 32.2 Å². The van der Waals surface area contributed by atoms with Gasteiger partial charge in [0, 0.05) is 21.7 Å². The van der Waals surface area contributed by atoms with Gasteiger partial charge in [-0.2, -0.15) is 5.26 Å². The van der Waals surface area contributed by atoms with Crippen LogP contribution >= 0.6 is 11.3 Å². The maximum Gasteiger partial charge on any atom is 0.181 e. The number of benzene rings is 2. The summed E-state index contributed by atoms with van der Waals surface area (Å²) >= 11 is 1.58. The zero-order valence-electron chi connectivity index (χ0n) is 19.3. The Morgan fingerprint density at radius 2 is 2.00 bits per heavy atom. The summed E-state index contributed by atoms with van der Waals surface area (Å²) in [5, 5.41) is 13.0. The average Bonchev–Trinajstić information content (AvgIpc) is 3.45. The highest BCUT2D eigenvalue weighted by Gasteiger charge is 2.20. The number of nitriles is 1. The second kappa shape index (κ2) is 9.16. The molecule has 7 heteroatoms. The number of fused-ring (bicyclic) bond motifs is 1. The Labute approximate surface area is 197 Å². The first kappa shape index (κ1) is 22.7. The minimum atomic E-state index is -0.606. The van der Waals surface area contributed by atoms with Gasteiger partial charge in [-0.05, 0) is 37.3 Å². The predicted molar refractivity (Wildman–Crippen MR) is 129 cm³/mol. The fraction of sp³-hybridized carbons (Fsp3) is 0.308. The zero-order chi connectivity index (χ0) is 23.6. The lowest BCUT2D eigenvalue weighted by Gasteiger charge is -2.16. The molecular weight excluding hydrogens is 436 g/mol. The number of nitrogens with zero attached hydrogens (tertiary/aromatic N) is 2. The molecule has 0 aliphatic heterocycles. The molecule has 4 rings (SSSR count). The van der Waals surface area contributed by atoms with Crippen LogP contribution in [0.4, 0.5) is 0 Å². The third-order valence-electron chi connectivity index (χ3n) is 5.12. The fourth-order valence-electron chi connectivity index (χ4n) is 3.28. The molecule has 0 saturated heterocycles. The second-order valence-corrected chi connectivity index (χ2v) is 9.58. The van der Waals surface area contributed by atoms with Crippen LogP contribution in [0.2, 0.25) is 0 Å². The Morgan fingerprint density at radius 1 is 1.18 bits per heavy atom. The SMILES string of the molecule is COc1cccc(COc2ccc3oc(-c4nc(C(C)(C)C)cs4)cc3c2)c1OC(C)C#N. The molecule has 170 valence electrons. The molecule has 0 spiro atoms. The highest BCUT2D eigenvalue weighted by Crippen LogP contribution is 2.35. The lowest BCUT2D eigenvalue weighted by molar-refractivity contribution is 0.243. The molecule has 0 N–H and O–H groups in total. The summed E-state index contributed by atoms with van der Waals surface area (Å²) in [5.41, 5.74) is 2.62. The van der Waals surface area contributed by atoms with Crippen molar-refractivity contribution in [2.45, 2.75) is 45.8 Å². The van der Waals surface area contributed by atoms with Crippen LogP contribution in [0.15, 0.2) is 52.3 Å². The highest BCUT2D eigenvalue weighted by molar-refractivity contribution is 7.13. The lowest BCUT2D eigenvalue weighted by Crippen LogP contribution is -2.11. The van der Waals surface area contributed by atoms with Crippen molar-refractivity contribution in [1.82, 2.24) is 4.98 Å². The molecule has 2 heterocycles. The minimum absolute atomic E-state index is 0.00447. The Bertz CT molecular complexity index is 1310. The Kier molecular flexibility index (Phi) is 6.30. The molecule has 2 aromatic carbocycles. The van der Waals surface area contributed by atoms with Crippen LogP contribution in [0.25, 0.3) is 21.7 Å². The lowest BCUT2D eigenvalue weighted by atomic mass is 9.93. The van der Waals surface area contributed by atoms with E-state index in [1.54, 1.807) is 31.4 Å². The molecular formula is C26H26N2O4S. The highest BCUT2D eigenvalue weighted by atomic mass is 32.1. The Morgan fingerprint density at radius 3 is 2.70 bits per heavy atom. The average molecular weight is 463 g/mol. The summed E-state index contributed by atoms with van der Waals surface area (Å²) in [7, 11) is 1.57. The van der Waals surface area contributed by atoms with Crippen LogP contribution in [0.3, 0.4) is 0 Å². The van der Waals surface area contributed by atoms with Gasteiger partial charge in [0.2, 0.25) is 0 Å². The number of ether oxygens (including phenoxy) is 3. The summed E-state index contributed by atoms with van der Waals surface area (Å²) < 4.78 is 23.2. The van der Waals surface area contributed by atoms with Gasteiger partial charge in [0.25, 0.3) is 0 Å². The third kappa shape index (κ3) is 4.96. The normalized spacial score (nSPS) is 12.4. The van der Waals surface area contributed by atoms with E-state index in [-0.39, 0.29) is 12.0 Å². The Balaban J connectivity index is 1.55. The quantitative estimate of drug-likeness (QED) is 0.303. The molecule has 0 radical (unpaired) electrons. The molecule has 6 nitrogen and oxygen atoms in total. The van der Waals surface area contributed by atoms with Gasteiger partial charge >= 0.3 is 0 Å². The van der Waals surface area contributed by atoms with Crippen molar-refractivity contribution in [2.75, 3.05) is 7.11 Å². The fourth-order valence-corrected chi connectivity index (χ4v) is 4.28. The number of methoxy groups -OCH3 is 1. The van der Waals surface area contributed by atoms with Crippen LogP contribution in [0.1, 0.15) is 39.0 Å². The van der Waals surface area contributed by atoms with E-state index in [0.717, 1.165) is 33.0 Å². The molecule has 4 aromatic rings. The van der Waals surface area contributed by atoms with Crippen molar-refractivity contribution in [1.29, 1.82) is 5.26 Å². The van der Waals surface area contributed by atoms with Crippen molar-refractivity contribution in [2.24, 2.45) is 0 Å². The molecule has 0 amide bonds. The van der Waals surface area contributed by atoms with Gasteiger partial charge in [0.1, 0.15) is 24.0 Å². The van der Waals surface area contributed by atoms with E-state index in [9.17, 15) is 0 Å². The molecule has 2 aromatic heterocycles. The first-order valence-corrected chi connectivity index (χ1v) is 11.5. The molecule has 33 heavy (non-hydrogen) atoms. The van der Waals surface area contributed by atoms with E-state index >= 15 is 0 Å². The monoisotopic (exact) mass is 462 g/mol. The van der Waals surface area contributed by atoms with Crippen molar-refractivity contribution < 1.29 is 18.6 Å². The largest absolute Gasteiger partial charge is 0.493 e. The van der Waals surface area contributed by atoms with Gasteiger partial charge in [-0.15, -0.1) is 11.3 Å². The van der Waals surface area contributed by atoms with Crippen molar-refractivity contribution in [3.05, 3.63) is 59.1 Å². The molecule has 1 atom stereocenters. The van der Waals surface area contributed by atoms with Crippen LogP contribution in [-0.4, -0.2) is 18.2 Å². The minimum Gasteiger partial charge on any atom is -0.493 e. The molecule has 1 unspecified atom stereocenters. The topological polar surface area (TPSA) is 77.5 Å². The van der Waals surface area contributed by atoms with Gasteiger partial charge in [-0.3, -0.25) is 0 Å². The van der Waals surface area contributed by atoms with Gasteiger partial charge in [-0.25, -0.2) is 4.98 Å². The standard InChI is InChI=1S/C26H26N2O4S/c1-16(13-27)31-24-17(7-6-8-21(24)29-5)14-30-19-9-10-20-18(11-19)12-22(32-20)25-28-23(15-33-25)26(2,3)4/h6-12,15-16H,14H2,1-5H3. The third-order valence-corrected chi connectivity index (χ3v) is 5.98. The Hall–Kier alpha value is -3.50. The number of furan rings is 1. The van der Waals surface area contributed by atoms with Gasteiger partial charge in [0.15, 0.2) is 28.4 Å². The van der Waals surface area contributed by atoms with Crippen LogP contribution in [0, 0.1) is 11.3 Å². The number of rotatable bonds is 7. The zero-order valence-corrected chi connectivity index (χ0v) is 20.2. The van der Waals surface area contributed by atoms with E-state index in [4.69, 9.17) is 28.9 Å². The molecule has 0 aliphatic carbocycles. The summed E-state index contributed by atoms with van der Waals surface area (Å²) in [5.74, 6) is 2.52. The molecule has 0 bridgehead atoms. The molecule has 0 fully saturated rings. The summed E-state index contributed by atoms with van der Waals surface area (Å²) in [6.45, 7) is 8.40. The number of thiazole rings is 1. The van der Waals surface area contributed by atoms with Crippen LogP contribution in [0.5, 0.6) is 17.2 Å². The van der Waals surface area contributed by atoms with Crippen LogP contribution < -0.4 is 14.2 Å². The first-order valence-electron chi connectivity index (χ1n) is 10.6. The smallest absolute Gasteiger partial charge is 0.181 e. The summed E-state index contributed by atoms with van der Waals surface area (Å²) in [6, 6.07) is 15.3. The van der Waals surface area contributed by atoms with Crippen molar-refractivity contribution >= 4 is 22.3 Å². The van der Waals surface area contributed by atoms with E-state index < -0.39 is 6.10 Å². The molecule has 0 aliphatic rings. The number of aromatic nitrogens is 1. The number of hydrogen-bond acceptors (Lipinski definition) is 7. The number of para-hydroxylation sites is 1. The van der Waals surface area contributed by atoms with Crippen LogP contribution in [-0.2, 0) is 12.0 Å². The number of hydrogen-bond donors (Lipinski definition) is 0. The van der Waals surface area contributed by atoms with Crippen molar-refractivity contribution in [3.8, 4) is 34.1 Å².